The van der Waals surface area contributed by atoms with Crippen LogP contribution in [0.25, 0.3) is 0 Å². The standard InChI is InChI=1S/C34H34O7/c1-36-29-20-18-28(19-21-29)34(26-14-8-4-9-15-26,27-16-10-5-11-17-27)39-24-31-30(22-32(37-2)40-31)41-33(35)38-23-25-12-6-3-7-13-25/h3-21,30-32H,22-24H2,1-2H3/t30-,31+,32-/m0/s1. The van der Waals surface area contributed by atoms with Gasteiger partial charge in [-0.05, 0) is 34.4 Å². The maximum atomic E-state index is 12.6. The third-order valence-electron chi connectivity index (χ3n) is 7.20. The van der Waals surface area contributed by atoms with Crippen LogP contribution in [0.1, 0.15) is 28.7 Å². The van der Waals surface area contributed by atoms with Gasteiger partial charge in [-0.1, -0.05) is 103 Å². The van der Waals surface area contributed by atoms with Crippen LogP contribution in [0.15, 0.2) is 115 Å². The van der Waals surface area contributed by atoms with Gasteiger partial charge in [0.25, 0.3) is 0 Å². The molecule has 0 spiro atoms. The lowest BCUT2D eigenvalue weighted by Crippen LogP contribution is -2.39. The minimum absolute atomic E-state index is 0.116. The Balaban J connectivity index is 1.42. The summed E-state index contributed by atoms with van der Waals surface area (Å²) in [5.74, 6) is 0.744. The van der Waals surface area contributed by atoms with Crippen molar-refractivity contribution in [3.05, 3.63) is 138 Å². The molecule has 1 aliphatic rings. The first kappa shape index (κ1) is 28.4. The molecular formula is C34H34O7. The third kappa shape index (κ3) is 6.60. The molecule has 0 unspecified atom stereocenters. The fourth-order valence-corrected chi connectivity index (χ4v) is 5.10. The van der Waals surface area contributed by atoms with Gasteiger partial charge in [-0.3, -0.25) is 0 Å². The maximum absolute atomic E-state index is 12.6. The van der Waals surface area contributed by atoms with E-state index in [-0.39, 0.29) is 13.2 Å². The van der Waals surface area contributed by atoms with Crippen molar-refractivity contribution < 1.29 is 33.2 Å². The summed E-state index contributed by atoms with van der Waals surface area (Å²) in [6.45, 7) is 0.233. The zero-order valence-corrected chi connectivity index (χ0v) is 23.2. The van der Waals surface area contributed by atoms with Gasteiger partial charge >= 0.3 is 6.16 Å². The van der Waals surface area contributed by atoms with Crippen LogP contribution in [0.4, 0.5) is 4.79 Å². The Labute approximate surface area is 240 Å². The second kappa shape index (κ2) is 13.5. The SMILES string of the molecule is COc1ccc(C(OC[C@H]2O[C@H](OC)C[C@@H]2OC(=O)OCc2ccccc2)(c2ccccc2)c2ccccc2)cc1. The molecule has 5 rings (SSSR count). The molecule has 1 aliphatic heterocycles. The van der Waals surface area contributed by atoms with Gasteiger partial charge in [-0.2, -0.15) is 0 Å². The molecule has 3 atom stereocenters. The van der Waals surface area contributed by atoms with E-state index in [2.05, 4.69) is 0 Å². The molecule has 212 valence electrons. The van der Waals surface area contributed by atoms with Crippen molar-refractivity contribution >= 4 is 6.16 Å². The molecule has 1 fully saturated rings. The van der Waals surface area contributed by atoms with E-state index in [0.29, 0.717) is 6.42 Å². The molecule has 0 aliphatic carbocycles. The van der Waals surface area contributed by atoms with Gasteiger partial charge in [-0.15, -0.1) is 0 Å². The van der Waals surface area contributed by atoms with Crippen LogP contribution in [0, 0.1) is 0 Å². The van der Waals surface area contributed by atoms with Crippen LogP contribution < -0.4 is 4.74 Å². The second-order valence-corrected chi connectivity index (χ2v) is 9.71. The average Bonchev–Trinajstić information content (AvgIpc) is 3.43. The molecule has 0 bridgehead atoms. The predicted octanol–water partition coefficient (Wildman–Crippen LogP) is 6.49. The smallest absolute Gasteiger partial charge is 0.497 e. The van der Waals surface area contributed by atoms with Crippen LogP contribution in [0.2, 0.25) is 0 Å². The lowest BCUT2D eigenvalue weighted by molar-refractivity contribution is -0.145. The lowest BCUT2D eigenvalue weighted by atomic mass is 9.80. The normalized spacial score (nSPS) is 18.5. The number of rotatable bonds is 11. The van der Waals surface area contributed by atoms with Crippen LogP contribution >= 0.6 is 0 Å². The van der Waals surface area contributed by atoms with Gasteiger partial charge in [0.2, 0.25) is 0 Å². The van der Waals surface area contributed by atoms with Crippen LogP contribution in [0.5, 0.6) is 5.75 Å². The molecule has 0 radical (unpaired) electrons. The highest BCUT2D eigenvalue weighted by Gasteiger charge is 2.43. The highest BCUT2D eigenvalue weighted by molar-refractivity contribution is 5.60. The fourth-order valence-electron chi connectivity index (χ4n) is 5.10. The summed E-state index contributed by atoms with van der Waals surface area (Å²) < 4.78 is 35.0. The Hall–Kier alpha value is -4.17. The van der Waals surface area contributed by atoms with Crippen LogP contribution in [0.3, 0.4) is 0 Å². The molecule has 7 nitrogen and oxygen atoms in total. The van der Waals surface area contributed by atoms with Gasteiger partial charge in [0.1, 0.15) is 30.2 Å². The molecule has 1 saturated heterocycles. The number of ether oxygens (including phenoxy) is 6. The number of carbonyl (C=O) groups is 1. The Kier molecular flexibility index (Phi) is 9.31. The Bertz CT molecular complexity index is 1320. The summed E-state index contributed by atoms with van der Waals surface area (Å²) in [7, 11) is 3.20. The van der Waals surface area contributed by atoms with E-state index in [4.69, 9.17) is 28.4 Å². The monoisotopic (exact) mass is 554 g/mol. The Morgan fingerprint density at radius 2 is 1.34 bits per heavy atom. The Morgan fingerprint density at radius 3 is 1.90 bits per heavy atom. The molecule has 0 saturated carbocycles. The first-order valence-electron chi connectivity index (χ1n) is 13.6. The molecule has 4 aromatic rings. The maximum Gasteiger partial charge on any atom is 0.508 e. The van der Waals surface area contributed by atoms with Gasteiger partial charge in [0.05, 0.1) is 13.7 Å². The minimum atomic E-state index is -0.984. The van der Waals surface area contributed by atoms with Crippen molar-refractivity contribution in [3.63, 3.8) is 0 Å². The highest BCUT2D eigenvalue weighted by Crippen LogP contribution is 2.42. The van der Waals surface area contributed by atoms with E-state index in [1.807, 2.05) is 115 Å². The van der Waals surface area contributed by atoms with E-state index in [0.717, 1.165) is 28.0 Å². The topological polar surface area (TPSA) is 72.5 Å². The van der Waals surface area contributed by atoms with Crippen molar-refractivity contribution in [2.24, 2.45) is 0 Å². The summed E-state index contributed by atoms with van der Waals surface area (Å²) in [5, 5.41) is 0. The predicted molar refractivity (Wildman–Crippen MR) is 153 cm³/mol. The van der Waals surface area contributed by atoms with Gasteiger partial charge in [-0.25, -0.2) is 4.79 Å². The first-order chi connectivity index (χ1) is 20.1. The summed E-state index contributed by atoms with van der Waals surface area (Å²) in [6, 6.07) is 37.4. The number of carbonyl (C=O) groups excluding carboxylic acids is 1. The van der Waals surface area contributed by atoms with Crippen LogP contribution in [-0.2, 0) is 35.9 Å². The van der Waals surface area contributed by atoms with E-state index >= 15 is 0 Å². The summed E-state index contributed by atoms with van der Waals surface area (Å²) in [5.41, 5.74) is 2.69. The number of benzene rings is 4. The van der Waals surface area contributed by atoms with Gasteiger partial charge in [0.15, 0.2) is 6.29 Å². The van der Waals surface area contributed by atoms with Gasteiger partial charge in [0, 0.05) is 13.5 Å². The van der Waals surface area contributed by atoms with Crippen molar-refractivity contribution in [1.82, 2.24) is 0 Å². The Morgan fingerprint density at radius 1 is 0.780 bits per heavy atom. The summed E-state index contributed by atoms with van der Waals surface area (Å²) in [4.78, 5) is 12.6. The average molecular weight is 555 g/mol. The first-order valence-corrected chi connectivity index (χ1v) is 13.6. The zero-order valence-electron chi connectivity index (χ0n) is 23.2. The molecule has 0 aromatic heterocycles. The molecule has 0 N–H and O–H groups in total. The lowest BCUT2D eigenvalue weighted by Gasteiger charge is -2.37. The molecule has 4 aromatic carbocycles. The van der Waals surface area contributed by atoms with E-state index in [9.17, 15) is 4.79 Å². The number of hydrogen-bond acceptors (Lipinski definition) is 7. The summed E-state index contributed by atoms with van der Waals surface area (Å²) >= 11 is 0. The zero-order chi connectivity index (χ0) is 28.5. The van der Waals surface area contributed by atoms with E-state index in [1.165, 1.54) is 0 Å². The summed E-state index contributed by atoms with van der Waals surface area (Å²) in [6.07, 6.45) is -2.16. The third-order valence-corrected chi connectivity index (χ3v) is 7.20. The fraction of sp³-hybridized carbons (Fsp3) is 0.265. The largest absolute Gasteiger partial charge is 0.508 e. The van der Waals surface area contributed by atoms with Crippen LogP contribution in [-0.4, -0.2) is 45.5 Å². The van der Waals surface area contributed by atoms with E-state index in [1.54, 1.807) is 14.2 Å². The number of hydrogen-bond donors (Lipinski definition) is 0. The molecule has 1 heterocycles. The second-order valence-electron chi connectivity index (χ2n) is 9.71. The van der Waals surface area contributed by atoms with Crippen molar-refractivity contribution in [1.29, 1.82) is 0 Å². The van der Waals surface area contributed by atoms with E-state index < -0.39 is 30.3 Å². The molecule has 7 heteroatoms. The quantitative estimate of drug-likeness (QED) is 0.155. The minimum Gasteiger partial charge on any atom is -0.497 e. The van der Waals surface area contributed by atoms with Crippen molar-refractivity contribution in [3.8, 4) is 5.75 Å². The molecule has 41 heavy (non-hydrogen) atoms. The van der Waals surface area contributed by atoms with Gasteiger partial charge < -0.3 is 28.4 Å². The number of methoxy groups -OCH3 is 2. The highest BCUT2D eigenvalue weighted by atomic mass is 16.8. The van der Waals surface area contributed by atoms with Crippen molar-refractivity contribution in [2.45, 2.75) is 37.1 Å². The van der Waals surface area contributed by atoms with Crippen molar-refractivity contribution in [2.75, 3.05) is 20.8 Å². The molecule has 0 amide bonds. The molecular weight excluding hydrogens is 520 g/mol.